The second-order valence-electron chi connectivity index (χ2n) is 9.91. The van der Waals surface area contributed by atoms with Crippen molar-refractivity contribution in [1.29, 1.82) is 5.41 Å². The number of hydrogen-bond acceptors (Lipinski definition) is 7. The van der Waals surface area contributed by atoms with E-state index in [0.717, 1.165) is 0 Å². The summed E-state index contributed by atoms with van der Waals surface area (Å²) < 4.78 is 0. The van der Waals surface area contributed by atoms with Gasteiger partial charge in [0, 0.05) is 48.3 Å². The zero-order valence-corrected chi connectivity index (χ0v) is 20.8. The molecule has 4 aliphatic rings. The number of guanidine groups is 1. The van der Waals surface area contributed by atoms with Crippen LogP contribution in [0.3, 0.4) is 0 Å². The van der Waals surface area contributed by atoms with Gasteiger partial charge >= 0.3 is 5.97 Å². The number of aliphatic hydroxyl groups is 1. The SMILES string of the molecule is CC(O)[C@H]1C(=O)N2C(C(=O)O)=C(S[C@H]3C[C@@H](C(=O)N4CCN(C(=N)N)[C@H](C)C4)N(C)C3)[C@H](C)[C@H]12. The maximum atomic E-state index is 13.3. The number of aliphatic hydroxyl groups excluding tert-OH is 1. The molecule has 0 spiro atoms. The molecule has 2 amide bonds. The number of nitrogens with one attached hydrogen (secondary N) is 1. The highest BCUT2D eigenvalue weighted by Gasteiger charge is 2.60. The van der Waals surface area contributed by atoms with Gasteiger partial charge in [0.15, 0.2) is 5.96 Å². The number of carbonyl (C=O) groups excluding carboxylic acids is 2. The highest BCUT2D eigenvalue weighted by molar-refractivity contribution is 8.03. The van der Waals surface area contributed by atoms with E-state index in [4.69, 9.17) is 11.1 Å². The molecule has 12 heteroatoms. The number of likely N-dealkylation sites (tertiary alicyclic amines) is 1. The summed E-state index contributed by atoms with van der Waals surface area (Å²) in [5.74, 6) is -2.18. The molecule has 0 aromatic heterocycles. The topological polar surface area (TPSA) is 154 Å². The number of rotatable bonds is 5. The van der Waals surface area contributed by atoms with Gasteiger partial charge in [0.05, 0.1) is 24.1 Å². The molecule has 1 unspecified atom stereocenters. The third-order valence-corrected chi connectivity index (χ3v) is 9.14. The summed E-state index contributed by atoms with van der Waals surface area (Å²) in [5.41, 5.74) is 5.65. The van der Waals surface area contributed by atoms with Crippen molar-refractivity contribution in [3.8, 4) is 0 Å². The molecule has 11 nitrogen and oxygen atoms in total. The lowest BCUT2D eigenvalue weighted by atomic mass is 9.79. The fourth-order valence-electron chi connectivity index (χ4n) is 5.91. The Morgan fingerprint density at radius 1 is 1.24 bits per heavy atom. The van der Waals surface area contributed by atoms with E-state index in [0.29, 0.717) is 37.5 Å². The first-order valence-corrected chi connectivity index (χ1v) is 12.6. The largest absolute Gasteiger partial charge is 0.477 e. The van der Waals surface area contributed by atoms with Crippen molar-refractivity contribution < 1.29 is 24.6 Å². The third kappa shape index (κ3) is 3.95. The second-order valence-corrected chi connectivity index (χ2v) is 11.3. The van der Waals surface area contributed by atoms with Crippen LogP contribution in [0.2, 0.25) is 0 Å². The van der Waals surface area contributed by atoms with E-state index in [1.54, 1.807) is 11.8 Å². The standard InChI is InChI=1S/C22H34N6O5S/c1-10-8-26(5-6-27(10)22(23)24)19(30)14-7-13(9-25(14)4)34-18-11(2)16-15(12(3)29)20(31)28(16)17(18)21(32)33/h10-16,29H,5-9H2,1-4H3,(H3,23,24)(H,32,33)/t10-,11-,12?,13+,14+,15-,16-/m1/s1. The first-order chi connectivity index (χ1) is 15.9. The average molecular weight is 495 g/mol. The molecule has 3 fully saturated rings. The quantitative estimate of drug-likeness (QED) is 0.222. The van der Waals surface area contributed by atoms with Crippen LogP contribution >= 0.6 is 11.8 Å². The molecule has 4 rings (SSSR count). The molecule has 0 aliphatic carbocycles. The van der Waals surface area contributed by atoms with Gasteiger partial charge in [0.25, 0.3) is 0 Å². The van der Waals surface area contributed by atoms with Crippen molar-refractivity contribution in [3.05, 3.63) is 10.6 Å². The number of nitrogens with zero attached hydrogens (tertiary/aromatic N) is 4. The summed E-state index contributed by atoms with van der Waals surface area (Å²) >= 11 is 1.46. The fourth-order valence-corrected chi connectivity index (χ4v) is 7.51. The molecule has 0 radical (unpaired) electrons. The number of nitrogens with two attached hydrogens (primary N) is 1. The fraction of sp³-hybridized carbons (Fsp3) is 0.727. The Morgan fingerprint density at radius 2 is 1.91 bits per heavy atom. The van der Waals surface area contributed by atoms with Crippen molar-refractivity contribution in [2.75, 3.05) is 33.2 Å². The number of thioether (sulfide) groups is 1. The minimum atomic E-state index is -1.13. The van der Waals surface area contributed by atoms with Crippen LogP contribution in [-0.4, -0.2) is 116 Å². The highest BCUT2D eigenvalue weighted by Crippen LogP contribution is 2.52. The first kappa shape index (κ1) is 24.8. The predicted octanol–water partition coefficient (Wildman–Crippen LogP) is -0.628. The molecule has 5 N–H and O–H groups in total. The number of fused-ring (bicyclic) bond motifs is 1. The molecule has 3 saturated heterocycles. The minimum Gasteiger partial charge on any atom is -0.477 e. The molecule has 0 aromatic rings. The minimum absolute atomic E-state index is 0.0143. The van der Waals surface area contributed by atoms with Crippen molar-refractivity contribution in [1.82, 2.24) is 19.6 Å². The molecular weight excluding hydrogens is 460 g/mol. The molecule has 0 bridgehead atoms. The van der Waals surface area contributed by atoms with E-state index >= 15 is 0 Å². The Labute approximate surface area is 203 Å². The number of β-lactam (4-membered cyclic amide) rings is 1. The van der Waals surface area contributed by atoms with E-state index in [2.05, 4.69) is 0 Å². The van der Waals surface area contributed by atoms with Gasteiger partial charge in [-0.15, -0.1) is 11.8 Å². The van der Waals surface area contributed by atoms with Crippen molar-refractivity contribution >= 4 is 35.5 Å². The molecule has 34 heavy (non-hydrogen) atoms. The summed E-state index contributed by atoms with van der Waals surface area (Å²) in [6.45, 7) is 7.60. The predicted molar refractivity (Wildman–Crippen MR) is 127 cm³/mol. The molecule has 7 atom stereocenters. The lowest BCUT2D eigenvalue weighted by molar-refractivity contribution is -0.163. The van der Waals surface area contributed by atoms with Gasteiger partial charge in [-0.3, -0.25) is 19.9 Å². The van der Waals surface area contributed by atoms with Crippen LogP contribution in [0.5, 0.6) is 0 Å². The van der Waals surface area contributed by atoms with Crippen molar-refractivity contribution in [3.63, 3.8) is 0 Å². The maximum Gasteiger partial charge on any atom is 0.353 e. The smallest absolute Gasteiger partial charge is 0.353 e. The summed E-state index contributed by atoms with van der Waals surface area (Å²) in [5, 5.41) is 27.6. The van der Waals surface area contributed by atoms with Gasteiger partial charge in [-0.25, -0.2) is 4.79 Å². The van der Waals surface area contributed by atoms with Crippen molar-refractivity contribution in [2.45, 2.75) is 56.7 Å². The van der Waals surface area contributed by atoms with Gasteiger partial charge in [-0.05, 0) is 27.3 Å². The number of likely N-dealkylation sites (N-methyl/N-ethyl adjacent to an activating group) is 1. The van der Waals surface area contributed by atoms with Gasteiger partial charge in [-0.2, -0.15) is 0 Å². The normalized spacial score (nSPS) is 34.9. The van der Waals surface area contributed by atoms with E-state index in [1.165, 1.54) is 16.7 Å². The second kappa shape index (κ2) is 9.04. The third-order valence-electron chi connectivity index (χ3n) is 7.65. The average Bonchev–Trinajstić information content (AvgIpc) is 3.22. The van der Waals surface area contributed by atoms with Crippen LogP contribution in [0.1, 0.15) is 27.2 Å². The molecule has 0 aromatic carbocycles. The molecular formula is C22H34N6O5S. The monoisotopic (exact) mass is 494 g/mol. The number of hydrogen-bond donors (Lipinski definition) is 4. The Balaban J connectivity index is 1.45. The van der Waals surface area contributed by atoms with Gasteiger partial charge in [-0.1, -0.05) is 6.92 Å². The van der Waals surface area contributed by atoms with Crippen LogP contribution in [0.15, 0.2) is 10.6 Å². The summed E-state index contributed by atoms with van der Waals surface area (Å²) in [7, 11) is 1.91. The number of amides is 2. The highest BCUT2D eigenvalue weighted by atomic mass is 32.2. The van der Waals surface area contributed by atoms with E-state index in [-0.39, 0.29) is 52.8 Å². The molecule has 4 heterocycles. The van der Waals surface area contributed by atoms with Crippen LogP contribution in [0, 0.1) is 17.2 Å². The van der Waals surface area contributed by atoms with Crippen molar-refractivity contribution in [2.24, 2.45) is 17.6 Å². The van der Waals surface area contributed by atoms with E-state index < -0.39 is 18.0 Å². The molecule has 188 valence electrons. The first-order valence-electron chi connectivity index (χ1n) is 11.7. The molecule has 0 saturated carbocycles. The Morgan fingerprint density at radius 3 is 2.47 bits per heavy atom. The van der Waals surface area contributed by atoms with E-state index in [9.17, 15) is 24.6 Å². The maximum absolute atomic E-state index is 13.3. The summed E-state index contributed by atoms with van der Waals surface area (Å²) in [6, 6.07) is -0.668. The van der Waals surface area contributed by atoms with Gasteiger partial charge < -0.3 is 30.6 Å². The summed E-state index contributed by atoms with van der Waals surface area (Å²) in [4.78, 5) is 45.6. The number of carboxylic acid groups (broad SMARTS) is 1. The lowest BCUT2D eigenvalue weighted by Gasteiger charge is -2.46. The van der Waals surface area contributed by atoms with Gasteiger partial charge in [0.2, 0.25) is 11.8 Å². The zero-order valence-electron chi connectivity index (χ0n) is 20.0. The zero-order chi connectivity index (χ0) is 25.1. The number of aliphatic carboxylic acids is 1. The Kier molecular flexibility index (Phi) is 6.60. The number of carbonyl (C=O) groups is 3. The van der Waals surface area contributed by atoms with E-state index in [1.807, 2.05) is 30.7 Å². The van der Waals surface area contributed by atoms with Crippen LogP contribution in [0.4, 0.5) is 0 Å². The summed E-state index contributed by atoms with van der Waals surface area (Å²) in [6.07, 6.45) is -0.246. The Hall–Kier alpha value is -2.31. The number of carboxylic acids is 1. The van der Waals surface area contributed by atoms with Crippen LogP contribution in [0.25, 0.3) is 0 Å². The van der Waals surface area contributed by atoms with Crippen LogP contribution < -0.4 is 5.73 Å². The van der Waals surface area contributed by atoms with Crippen LogP contribution in [-0.2, 0) is 14.4 Å². The van der Waals surface area contributed by atoms with Gasteiger partial charge in [0.1, 0.15) is 5.70 Å². The molecule has 4 aliphatic heterocycles. The number of piperazine rings is 1. The lowest BCUT2D eigenvalue weighted by Crippen LogP contribution is -2.63. The Bertz CT molecular complexity index is 941.